The summed E-state index contributed by atoms with van der Waals surface area (Å²) < 4.78 is 0. The topological polar surface area (TPSA) is 140 Å². The summed E-state index contributed by atoms with van der Waals surface area (Å²) in [5.74, 6) is -0.578. The molecule has 10 nitrogen and oxygen atoms in total. The molecule has 0 spiro atoms. The molecule has 27 heavy (non-hydrogen) atoms. The maximum absolute atomic E-state index is 11.9. The van der Waals surface area contributed by atoms with Crippen LogP contribution in [0.25, 0.3) is 0 Å². The number of urea groups is 2. The van der Waals surface area contributed by atoms with Gasteiger partial charge in [0.25, 0.3) is 0 Å². The van der Waals surface area contributed by atoms with Crippen LogP contribution in [-0.4, -0.2) is 50.1 Å². The molecular formula is C17H26N6O4. The number of hydrogen-bond acceptors (Lipinski definition) is 4. The minimum atomic E-state index is -0.545. The van der Waals surface area contributed by atoms with E-state index in [0.29, 0.717) is 24.5 Å². The van der Waals surface area contributed by atoms with Gasteiger partial charge < -0.3 is 31.9 Å². The Morgan fingerprint density at radius 2 is 1.30 bits per heavy atom. The minimum absolute atomic E-state index is 0.140. The van der Waals surface area contributed by atoms with Crippen LogP contribution in [0.4, 0.5) is 21.0 Å². The van der Waals surface area contributed by atoms with Crippen molar-refractivity contribution >= 4 is 35.3 Å². The third kappa shape index (κ3) is 8.56. The molecule has 0 saturated carbocycles. The molecule has 1 rings (SSSR count). The Labute approximate surface area is 157 Å². The Balaban J connectivity index is 2.58. The molecule has 1 aromatic carbocycles. The standard InChI is InChI=1S/C17H26N6O4/c1-4-18-14(24)9-20-16(26)22-12-7-6-11(3)13(8-12)23-17(27)21-10-15(25)19-5-2/h6-8H,4-5,9-10H2,1-3H3,(H,18,24)(H,19,25)(H2,20,22,26)(H2,21,23,27). The number of benzene rings is 1. The molecule has 0 fully saturated rings. The predicted molar refractivity (Wildman–Crippen MR) is 103 cm³/mol. The molecule has 0 unspecified atom stereocenters. The van der Waals surface area contributed by atoms with Crippen LogP contribution in [-0.2, 0) is 9.59 Å². The SMILES string of the molecule is CCNC(=O)CNC(=O)Nc1ccc(C)c(NC(=O)NCC(=O)NCC)c1. The molecule has 0 heterocycles. The fraction of sp³-hybridized carbons (Fsp3) is 0.412. The van der Waals surface area contributed by atoms with Crippen LogP contribution in [0, 0.1) is 6.92 Å². The van der Waals surface area contributed by atoms with Gasteiger partial charge in [-0.3, -0.25) is 9.59 Å². The lowest BCUT2D eigenvalue weighted by molar-refractivity contribution is -0.120. The molecular weight excluding hydrogens is 352 g/mol. The third-order valence-corrected chi connectivity index (χ3v) is 3.31. The zero-order valence-electron chi connectivity index (χ0n) is 15.7. The summed E-state index contributed by atoms with van der Waals surface area (Å²) in [6.07, 6.45) is 0. The number of hydrogen-bond donors (Lipinski definition) is 6. The van der Waals surface area contributed by atoms with E-state index in [0.717, 1.165) is 5.56 Å². The van der Waals surface area contributed by atoms with Crippen molar-refractivity contribution in [2.75, 3.05) is 36.8 Å². The molecule has 10 heteroatoms. The van der Waals surface area contributed by atoms with Crippen LogP contribution in [0.3, 0.4) is 0 Å². The number of carbonyl (C=O) groups is 4. The maximum Gasteiger partial charge on any atom is 0.319 e. The zero-order valence-corrected chi connectivity index (χ0v) is 15.7. The number of aryl methyl sites for hydroxylation is 1. The van der Waals surface area contributed by atoms with Gasteiger partial charge >= 0.3 is 12.1 Å². The second-order valence-electron chi connectivity index (χ2n) is 5.55. The first-order valence-electron chi connectivity index (χ1n) is 8.59. The first-order valence-corrected chi connectivity index (χ1v) is 8.59. The van der Waals surface area contributed by atoms with Crippen molar-refractivity contribution in [3.05, 3.63) is 23.8 Å². The van der Waals surface area contributed by atoms with Crippen molar-refractivity contribution in [3.63, 3.8) is 0 Å². The van der Waals surface area contributed by atoms with Gasteiger partial charge in [-0.1, -0.05) is 6.07 Å². The average molecular weight is 378 g/mol. The van der Waals surface area contributed by atoms with E-state index in [-0.39, 0.29) is 24.9 Å². The quantitative estimate of drug-likeness (QED) is 0.392. The third-order valence-electron chi connectivity index (χ3n) is 3.31. The van der Waals surface area contributed by atoms with Crippen LogP contribution >= 0.6 is 0 Å². The second-order valence-corrected chi connectivity index (χ2v) is 5.55. The van der Waals surface area contributed by atoms with E-state index in [4.69, 9.17) is 0 Å². The smallest absolute Gasteiger partial charge is 0.319 e. The van der Waals surface area contributed by atoms with Gasteiger partial charge in [-0.05, 0) is 38.5 Å². The molecule has 6 N–H and O–H groups in total. The Morgan fingerprint density at radius 3 is 1.81 bits per heavy atom. The van der Waals surface area contributed by atoms with Gasteiger partial charge in [-0.15, -0.1) is 0 Å². The Morgan fingerprint density at radius 1 is 0.778 bits per heavy atom. The molecule has 0 radical (unpaired) electrons. The van der Waals surface area contributed by atoms with E-state index in [2.05, 4.69) is 31.9 Å². The lowest BCUT2D eigenvalue weighted by Crippen LogP contribution is -2.39. The highest BCUT2D eigenvalue weighted by Crippen LogP contribution is 2.20. The van der Waals surface area contributed by atoms with Gasteiger partial charge in [0.2, 0.25) is 11.8 Å². The summed E-state index contributed by atoms with van der Waals surface area (Å²) in [6.45, 7) is 6.04. The van der Waals surface area contributed by atoms with E-state index in [1.54, 1.807) is 39.0 Å². The molecule has 0 aliphatic rings. The molecule has 148 valence electrons. The summed E-state index contributed by atoms with van der Waals surface area (Å²) in [6, 6.07) is 3.88. The van der Waals surface area contributed by atoms with E-state index in [9.17, 15) is 19.2 Å². The highest BCUT2D eigenvalue weighted by molar-refractivity contribution is 5.95. The van der Waals surface area contributed by atoms with E-state index in [1.165, 1.54) is 0 Å². The number of likely N-dealkylation sites (N-methyl/N-ethyl adjacent to an activating group) is 2. The largest absolute Gasteiger partial charge is 0.355 e. The number of nitrogens with one attached hydrogen (secondary N) is 6. The van der Waals surface area contributed by atoms with Gasteiger partial charge in [-0.25, -0.2) is 9.59 Å². The summed E-state index contributed by atoms with van der Waals surface area (Å²) in [7, 11) is 0. The highest BCUT2D eigenvalue weighted by atomic mass is 16.2. The molecule has 0 saturated heterocycles. The molecule has 0 aliphatic carbocycles. The van der Waals surface area contributed by atoms with Crippen molar-refractivity contribution in [3.8, 4) is 0 Å². The van der Waals surface area contributed by atoms with Gasteiger partial charge in [0, 0.05) is 24.5 Å². The molecule has 0 atom stereocenters. The predicted octanol–water partition coefficient (Wildman–Crippen LogP) is 0.510. The monoisotopic (exact) mass is 378 g/mol. The number of rotatable bonds is 8. The van der Waals surface area contributed by atoms with Gasteiger partial charge in [-0.2, -0.15) is 0 Å². The maximum atomic E-state index is 11.9. The van der Waals surface area contributed by atoms with Crippen molar-refractivity contribution < 1.29 is 19.2 Å². The molecule has 0 bridgehead atoms. The van der Waals surface area contributed by atoms with E-state index >= 15 is 0 Å². The Kier molecular flexibility index (Phi) is 9.13. The van der Waals surface area contributed by atoms with Crippen LogP contribution in [0.5, 0.6) is 0 Å². The van der Waals surface area contributed by atoms with Crippen molar-refractivity contribution in [2.24, 2.45) is 0 Å². The zero-order chi connectivity index (χ0) is 20.2. The summed E-state index contributed by atoms with van der Waals surface area (Å²) in [4.78, 5) is 46.4. The average Bonchev–Trinajstić information content (AvgIpc) is 2.61. The normalized spacial score (nSPS) is 9.74. The number of carbonyl (C=O) groups excluding carboxylic acids is 4. The molecule has 0 aliphatic heterocycles. The van der Waals surface area contributed by atoms with Crippen LogP contribution < -0.4 is 31.9 Å². The number of anilines is 2. The number of amides is 6. The van der Waals surface area contributed by atoms with Crippen molar-refractivity contribution in [1.29, 1.82) is 0 Å². The fourth-order valence-electron chi connectivity index (χ4n) is 2.02. The van der Waals surface area contributed by atoms with E-state index in [1.807, 2.05) is 0 Å². The van der Waals surface area contributed by atoms with Crippen molar-refractivity contribution in [2.45, 2.75) is 20.8 Å². The Hall–Kier alpha value is -3.30. The fourth-order valence-corrected chi connectivity index (χ4v) is 2.02. The van der Waals surface area contributed by atoms with Crippen molar-refractivity contribution in [1.82, 2.24) is 21.3 Å². The van der Waals surface area contributed by atoms with Crippen LogP contribution in [0.15, 0.2) is 18.2 Å². The summed E-state index contributed by atoms with van der Waals surface area (Å²) in [5.41, 5.74) is 1.69. The molecule has 6 amide bonds. The summed E-state index contributed by atoms with van der Waals surface area (Å²) >= 11 is 0. The molecule has 0 aromatic heterocycles. The molecule has 1 aromatic rings. The van der Waals surface area contributed by atoms with Gasteiger partial charge in [0.05, 0.1) is 13.1 Å². The summed E-state index contributed by atoms with van der Waals surface area (Å²) in [5, 5.41) is 15.2. The highest BCUT2D eigenvalue weighted by Gasteiger charge is 2.09. The lowest BCUT2D eigenvalue weighted by Gasteiger charge is -2.13. The first-order chi connectivity index (χ1) is 12.8. The Bertz CT molecular complexity index is 692. The minimum Gasteiger partial charge on any atom is -0.355 e. The first kappa shape index (κ1) is 21.7. The second kappa shape index (κ2) is 11.3. The van der Waals surface area contributed by atoms with Gasteiger partial charge in [0.15, 0.2) is 0 Å². The van der Waals surface area contributed by atoms with Gasteiger partial charge in [0.1, 0.15) is 0 Å². The van der Waals surface area contributed by atoms with E-state index < -0.39 is 12.1 Å². The van der Waals surface area contributed by atoms with Crippen LogP contribution in [0.1, 0.15) is 19.4 Å². The van der Waals surface area contributed by atoms with Crippen LogP contribution in [0.2, 0.25) is 0 Å². The lowest BCUT2D eigenvalue weighted by atomic mass is 10.2.